The molecule has 8 rings (SSSR count). The molecule has 390 valence electrons. The number of rotatable bonds is 3. The molecule has 3 aliphatic heterocycles. The third-order valence-corrected chi connectivity index (χ3v) is 12.3. The second-order valence-electron chi connectivity index (χ2n) is 21.6. The van der Waals surface area contributed by atoms with Crippen LogP contribution in [0, 0.1) is 0 Å². The van der Waals surface area contributed by atoms with E-state index in [-0.39, 0.29) is 27.6 Å². The summed E-state index contributed by atoms with van der Waals surface area (Å²) in [7, 11) is 3.73. The first kappa shape index (κ1) is 63.4. The molecule has 0 bridgehead atoms. The lowest BCUT2D eigenvalue weighted by atomic mass is 9.84. The lowest BCUT2D eigenvalue weighted by molar-refractivity contribution is -0.129. The van der Waals surface area contributed by atoms with Crippen LogP contribution >= 0.6 is 0 Å². The van der Waals surface area contributed by atoms with Crippen molar-refractivity contribution in [2.75, 3.05) is 33.4 Å². The molecule has 0 unspecified atom stereocenters. The summed E-state index contributed by atoms with van der Waals surface area (Å²) < 4.78 is 7.01. The Kier molecular flexibility index (Phi) is 26.9. The van der Waals surface area contributed by atoms with E-state index in [4.69, 9.17) is 4.74 Å². The lowest BCUT2D eigenvalue weighted by Crippen LogP contribution is -2.34. The fourth-order valence-electron chi connectivity index (χ4n) is 7.95. The Morgan fingerprint density at radius 3 is 1.50 bits per heavy atom. The van der Waals surface area contributed by atoms with Gasteiger partial charge < -0.3 is 9.64 Å². The maximum atomic E-state index is 11.4. The standard InChI is InChI=1S/C16H25NO.C15H21NO.C12H16N2.C12H15N.4C2H6/c1-16(2,3)15-6-5-14-12-17(9-10-18-4)8-7-13(14)11-15;1-11(17)16-8-7-12-9-14(15(2,3)4)6-5-13(12)10-16;1-12(2,3)10-6-5-9-8-14(4)13-11(9)7-10;1-12(2,3)11-5-4-9-7-13-8-10(9)6-11;4*1-2/h5-6,11H,7-10,12H2,1-4H3;5-6,9H,7-8,10H2,1-4H3;5-8H,1-4H3;4-6,8H,7H2,1-3H3;4*1-2H3. The fourth-order valence-corrected chi connectivity index (χ4v) is 7.95. The number of benzene rings is 4. The summed E-state index contributed by atoms with van der Waals surface area (Å²) in [6.45, 7) is 51.2. The van der Waals surface area contributed by atoms with E-state index in [1.54, 1.807) is 14.0 Å². The molecule has 0 spiro atoms. The number of ether oxygens (including phenoxy) is 1. The Hall–Kier alpha value is -4.59. The van der Waals surface area contributed by atoms with Crippen LogP contribution in [0.15, 0.2) is 84.0 Å². The third kappa shape index (κ3) is 19.9. The summed E-state index contributed by atoms with van der Waals surface area (Å²) in [4.78, 5) is 20.0. The van der Waals surface area contributed by atoms with E-state index >= 15 is 0 Å². The molecular formula is C63H101N5O2. The molecule has 0 saturated carbocycles. The van der Waals surface area contributed by atoms with Crippen molar-refractivity contribution in [1.82, 2.24) is 19.6 Å². The molecule has 4 heterocycles. The van der Waals surface area contributed by atoms with Crippen LogP contribution in [0.5, 0.6) is 0 Å². The zero-order valence-corrected chi connectivity index (χ0v) is 49.0. The van der Waals surface area contributed by atoms with E-state index in [1.807, 2.05) is 84.4 Å². The molecule has 1 aromatic heterocycles. The van der Waals surface area contributed by atoms with E-state index < -0.39 is 0 Å². The molecule has 7 nitrogen and oxygen atoms in total. The van der Waals surface area contributed by atoms with E-state index in [0.717, 1.165) is 57.8 Å². The van der Waals surface area contributed by atoms with E-state index in [9.17, 15) is 4.79 Å². The second kappa shape index (κ2) is 29.7. The number of methoxy groups -OCH3 is 1. The Balaban J connectivity index is 0.000000447. The summed E-state index contributed by atoms with van der Waals surface area (Å²) in [6, 6.07) is 26.9. The van der Waals surface area contributed by atoms with Gasteiger partial charge in [0.25, 0.3) is 0 Å². The molecule has 0 aliphatic carbocycles. The van der Waals surface area contributed by atoms with Crippen molar-refractivity contribution in [1.29, 1.82) is 0 Å². The van der Waals surface area contributed by atoms with Crippen molar-refractivity contribution >= 4 is 23.0 Å². The first-order valence-corrected chi connectivity index (χ1v) is 26.7. The number of aromatic nitrogens is 2. The zero-order chi connectivity index (χ0) is 53.6. The molecule has 4 aromatic carbocycles. The van der Waals surface area contributed by atoms with Gasteiger partial charge in [0.1, 0.15) is 0 Å². The van der Waals surface area contributed by atoms with Gasteiger partial charge in [0, 0.05) is 71.6 Å². The van der Waals surface area contributed by atoms with Crippen LogP contribution in [-0.4, -0.2) is 65.1 Å². The minimum Gasteiger partial charge on any atom is -0.383 e. The predicted octanol–water partition coefficient (Wildman–Crippen LogP) is 15.8. The molecule has 5 aromatic rings. The van der Waals surface area contributed by atoms with Gasteiger partial charge >= 0.3 is 0 Å². The molecule has 0 fully saturated rings. The number of fused-ring (bicyclic) bond motifs is 4. The first-order chi connectivity index (χ1) is 32.9. The van der Waals surface area contributed by atoms with Crippen LogP contribution in [0.3, 0.4) is 0 Å². The van der Waals surface area contributed by atoms with Gasteiger partial charge in [-0.3, -0.25) is 19.4 Å². The summed E-state index contributed by atoms with van der Waals surface area (Å²) in [6.07, 6.45) is 6.17. The fraction of sp³-hybridized carbons (Fsp3) is 0.571. The molecule has 1 amide bonds. The molecule has 3 aliphatic rings. The van der Waals surface area contributed by atoms with Crippen LogP contribution in [0.4, 0.5) is 0 Å². The van der Waals surface area contributed by atoms with Crippen LogP contribution in [0.1, 0.15) is 201 Å². The first-order valence-electron chi connectivity index (χ1n) is 26.7. The van der Waals surface area contributed by atoms with Crippen molar-refractivity contribution < 1.29 is 9.53 Å². The quantitative estimate of drug-likeness (QED) is 0.181. The summed E-state index contributed by atoms with van der Waals surface area (Å²) in [5, 5.41) is 5.61. The smallest absolute Gasteiger partial charge is 0.219 e. The SMILES string of the molecule is CC.CC.CC.CC.CC(=O)N1CCc2cc(C(C)(C)C)ccc2C1.CC(C)(C)c1ccc2c(c1)C=NC2.COCCN1CCc2cc(C(C)(C)C)ccc2C1.Cn1cc2ccc(C(C)(C)C)cc2n1. The van der Waals surface area contributed by atoms with Crippen LogP contribution in [0.25, 0.3) is 10.9 Å². The van der Waals surface area contributed by atoms with Crippen molar-refractivity contribution in [2.24, 2.45) is 12.0 Å². The highest BCUT2D eigenvalue weighted by molar-refractivity contribution is 5.84. The van der Waals surface area contributed by atoms with E-state index in [0.29, 0.717) is 0 Å². The van der Waals surface area contributed by atoms with Gasteiger partial charge in [0.05, 0.1) is 18.7 Å². The third-order valence-electron chi connectivity index (χ3n) is 12.3. The Morgan fingerprint density at radius 1 is 0.571 bits per heavy atom. The number of hydrogen-bond acceptors (Lipinski definition) is 5. The molecule has 0 saturated heterocycles. The van der Waals surface area contributed by atoms with Gasteiger partial charge in [0.2, 0.25) is 5.91 Å². The average Bonchev–Trinajstić information content (AvgIpc) is 3.97. The monoisotopic (exact) mass is 960 g/mol. The Bertz CT molecular complexity index is 2320. The minimum atomic E-state index is 0.176. The molecule has 7 heteroatoms. The van der Waals surface area contributed by atoms with Crippen LogP contribution in [0.2, 0.25) is 0 Å². The second-order valence-corrected chi connectivity index (χ2v) is 21.6. The van der Waals surface area contributed by atoms with Crippen molar-refractivity contribution in [3.63, 3.8) is 0 Å². The van der Waals surface area contributed by atoms with Gasteiger partial charge in [-0.1, -0.05) is 199 Å². The molecular weight excluding hydrogens is 859 g/mol. The number of carbonyl (C=O) groups is 1. The molecule has 0 N–H and O–H groups in total. The number of hydrogen-bond donors (Lipinski definition) is 0. The highest BCUT2D eigenvalue weighted by atomic mass is 16.5. The number of aryl methyl sites for hydroxylation is 1. The predicted molar refractivity (Wildman–Crippen MR) is 307 cm³/mol. The highest BCUT2D eigenvalue weighted by Gasteiger charge is 2.22. The average molecular weight is 961 g/mol. The van der Waals surface area contributed by atoms with Crippen molar-refractivity contribution in [3.05, 3.63) is 135 Å². The summed E-state index contributed by atoms with van der Waals surface area (Å²) >= 11 is 0. The van der Waals surface area contributed by atoms with Crippen molar-refractivity contribution in [2.45, 2.75) is 200 Å². The largest absolute Gasteiger partial charge is 0.383 e. The van der Waals surface area contributed by atoms with Gasteiger partial charge in [-0.2, -0.15) is 5.10 Å². The molecule has 0 radical (unpaired) electrons. The number of amides is 1. The van der Waals surface area contributed by atoms with Crippen LogP contribution < -0.4 is 0 Å². The lowest BCUT2D eigenvalue weighted by Gasteiger charge is -2.30. The minimum absolute atomic E-state index is 0.176. The van der Waals surface area contributed by atoms with Gasteiger partial charge in [0.15, 0.2) is 0 Å². The molecule has 0 atom stereocenters. The summed E-state index contributed by atoms with van der Waals surface area (Å²) in [5.41, 5.74) is 15.9. The number of nitrogens with zero attached hydrogens (tertiary/aromatic N) is 5. The van der Waals surface area contributed by atoms with Gasteiger partial charge in [-0.15, -0.1) is 0 Å². The highest BCUT2D eigenvalue weighted by Crippen LogP contribution is 2.30. The Morgan fingerprint density at radius 2 is 1.01 bits per heavy atom. The topological polar surface area (TPSA) is 63.0 Å². The molecule has 70 heavy (non-hydrogen) atoms. The van der Waals surface area contributed by atoms with Gasteiger partial charge in [-0.25, -0.2) is 0 Å². The maximum absolute atomic E-state index is 11.4. The Labute approximate surface area is 429 Å². The van der Waals surface area contributed by atoms with E-state index in [2.05, 4.69) is 171 Å². The normalized spacial score (nSPS) is 13.6. The van der Waals surface area contributed by atoms with E-state index in [1.165, 1.54) is 67.4 Å². The summed E-state index contributed by atoms with van der Waals surface area (Å²) in [5.74, 6) is 0.176. The maximum Gasteiger partial charge on any atom is 0.219 e. The number of aliphatic imine (C=N–C) groups is 1. The van der Waals surface area contributed by atoms with Gasteiger partial charge in [-0.05, 0) is 102 Å². The van der Waals surface area contributed by atoms with Crippen LogP contribution in [-0.2, 0) is 70.7 Å². The van der Waals surface area contributed by atoms with Crippen molar-refractivity contribution in [3.8, 4) is 0 Å². The number of carbonyl (C=O) groups excluding carboxylic acids is 1. The zero-order valence-electron chi connectivity index (χ0n) is 49.0.